The number of nitrogens with one attached hydrogen (secondary N) is 1. The van der Waals surface area contributed by atoms with E-state index in [0.717, 1.165) is 0 Å². The number of benzene rings is 2. The van der Waals surface area contributed by atoms with Gasteiger partial charge in [-0.05, 0) is 23.1 Å². The SMILES string of the molecule is CC(C)(C)[C@@H](O)COc1cc(C(=O)NC(CC(=O)O)c2ccccc2)nn1-c1ccccc1Cl. The molecule has 0 spiro atoms. The number of carboxylic acids is 1. The van der Waals surface area contributed by atoms with Gasteiger partial charge in [0.2, 0.25) is 5.88 Å². The third kappa shape index (κ3) is 6.36. The molecule has 0 aliphatic carbocycles. The number of aliphatic hydroxyl groups is 1. The monoisotopic (exact) mass is 485 g/mol. The van der Waals surface area contributed by atoms with Gasteiger partial charge < -0.3 is 20.3 Å². The molecule has 34 heavy (non-hydrogen) atoms. The topological polar surface area (TPSA) is 114 Å². The third-order valence-electron chi connectivity index (χ3n) is 5.26. The van der Waals surface area contributed by atoms with Crippen LogP contribution in [0.5, 0.6) is 5.88 Å². The van der Waals surface area contributed by atoms with Crippen LogP contribution >= 0.6 is 11.6 Å². The van der Waals surface area contributed by atoms with E-state index in [0.29, 0.717) is 16.3 Å². The lowest BCUT2D eigenvalue weighted by Crippen LogP contribution is -2.32. The number of para-hydroxylation sites is 1. The fraction of sp³-hybridized carbons (Fsp3) is 0.320. The van der Waals surface area contributed by atoms with Gasteiger partial charge in [0, 0.05) is 6.07 Å². The summed E-state index contributed by atoms with van der Waals surface area (Å²) in [5.41, 5.74) is 0.767. The molecule has 0 aliphatic heterocycles. The van der Waals surface area contributed by atoms with Crippen LogP contribution in [-0.2, 0) is 4.79 Å². The third-order valence-corrected chi connectivity index (χ3v) is 5.58. The molecule has 0 fully saturated rings. The number of amides is 1. The smallest absolute Gasteiger partial charge is 0.305 e. The Morgan fingerprint density at radius 2 is 1.76 bits per heavy atom. The Morgan fingerprint density at radius 3 is 2.38 bits per heavy atom. The molecule has 0 aliphatic rings. The van der Waals surface area contributed by atoms with Crippen LogP contribution in [0.2, 0.25) is 5.02 Å². The van der Waals surface area contributed by atoms with Crippen molar-refractivity contribution < 1.29 is 24.5 Å². The molecule has 180 valence electrons. The van der Waals surface area contributed by atoms with Crippen LogP contribution in [0.15, 0.2) is 60.7 Å². The number of nitrogens with zero attached hydrogens (tertiary/aromatic N) is 2. The van der Waals surface area contributed by atoms with Gasteiger partial charge in [-0.2, -0.15) is 9.78 Å². The maximum absolute atomic E-state index is 13.1. The average Bonchev–Trinajstić information content (AvgIpc) is 3.21. The van der Waals surface area contributed by atoms with Crippen molar-refractivity contribution in [2.24, 2.45) is 5.41 Å². The molecule has 9 heteroatoms. The summed E-state index contributed by atoms with van der Waals surface area (Å²) < 4.78 is 7.23. The maximum atomic E-state index is 13.1. The minimum Gasteiger partial charge on any atom is -0.481 e. The van der Waals surface area contributed by atoms with Gasteiger partial charge in [-0.15, -0.1) is 0 Å². The first kappa shape index (κ1) is 25.3. The second-order valence-corrected chi connectivity index (χ2v) is 9.37. The van der Waals surface area contributed by atoms with Crippen LogP contribution in [0.1, 0.15) is 49.3 Å². The number of ether oxygens (including phenoxy) is 1. The summed E-state index contributed by atoms with van der Waals surface area (Å²) >= 11 is 6.34. The van der Waals surface area contributed by atoms with Crippen molar-refractivity contribution in [1.82, 2.24) is 15.1 Å². The lowest BCUT2D eigenvalue weighted by Gasteiger charge is -2.25. The highest BCUT2D eigenvalue weighted by Gasteiger charge is 2.26. The van der Waals surface area contributed by atoms with Gasteiger partial charge >= 0.3 is 5.97 Å². The fourth-order valence-corrected chi connectivity index (χ4v) is 3.35. The van der Waals surface area contributed by atoms with Crippen molar-refractivity contribution in [3.63, 3.8) is 0 Å². The highest BCUT2D eigenvalue weighted by Crippen LogP contribution is 2.27. The molecular formula is C25H28ClN3O5. The number of halogens is 1. The van der Waals surface area contributed by atoms with Crippen molar-refractivity contribution in [3.05, 3.63) is 76.9 Å². The molecule has 2 atom stereocenters. The Labute approximate surface area is 203 Å². The quantitative estimate of drug-likeness (QED) is 0.417. The molecule has 1 heterocycles. The van der Waals surface area contributed by atoms with Gasteiger partial charge in [0.15, 0.2) is 5.69 Å². The number of carboxylic acid groups (broad SMARTS) is 1. The first-order valence-corrected chi connectivity index (χ1v) is 11.2. The number of carbonyl (C=O) groups excluding carboxylic acids is 1. The number of aliphatic carboxylic acids is 1. The second-order valence-electron chi connectivity index (χ2n) is 8.96. The summed E-state index contributed by atoms with van der Waals surface area (Å²) in [7, 11) is 0. The molecule has 0 saturated carbocycles. The molecule has 3 aromatic rings. The van der Waals surface area contributed by atoms with Crippen LogP contribution in [-0.4, -0.2) is 44.6 Å². The molecule has 1 amide bonds. The molecule has 0 saturated heterocycles. The van der Waals surface area contributed by atoms with Gasteiger partial charge in [0.1, 0.15) is 6.61 Å². The van der Waals surface area contributed by atoms with Crippen LogP contribution in [0.25, 0.3) is 5.69 Å². The maximum Gasteiger partial charge on any atom is 0.305 e. The van der Waals surface area contributed by atoms with Crippen molar-refractivity contribution >= 4 is 23.5 Å². The van der Waals surface area contributed by atoms with Crippen LogP contribution in [0.3, 0.4) is 0 Å². The molecule has 8 nitrogen and oxygen atoms in total. The Kier molecular flexibility index (Phi) is 7.96. The largest absolute Gasteiger partial charge is 0.481 e. The number of hydrogen-bond acceptors (Lipinski definition) is 5. The lowest BCUT2D eigenvalue weighted by atomic mass is 9.90. The van der Waals surface area contributed by atoms with E-state index in [2.05, 4.69) is 10.4 Å². The molecule has 1 aromatic heterocycles. The standard InChI is InChI=1S/C25H28ClN3O5/c1-25(2,3)21(30)15-34-22-13-19(28-29(22)20-12-8-7-11-17(20)26)24(33)27-18(14-23(31)32)16-9-5-4-6-10-16/h4-13,18,21,30H,14-15H2,1-3H3,(H,27,33)(H,31,32)/t18?,21-/m0/s1. The van der Waals surface area contributed by atoms with Crippen molar-refractivity contribution in [1.29, 1.82) is 0 Å². The number of aromatic nitrogens is 2. The van der Waals surface area contributed by atoms with Gasteiger partial charge in [-0.3, -0.25) is 9.59 Å². The Hall–Kier alpha value is -3.36. The summed E-state index contributed by atoms with van der Waals surface area (Å²) in [6, 6.07) is 16.5. The number of aliphatic hydroxyl groups excluding tert-OH is 1. The highest BCUT2D eigenvalue weighted by atomic mass is 35.5. The first-order valence-electron chi connectivity index (χ1n) is 10.8. The molecular weight excluding hydrogens is 458 g/mol. The number of hydrogen-bond donors (Lipinski definition) is 3. The van der Waals surface area contributed by atoms with E-state index in [1.807, 2.05) is 26.8 Å². The zero-order valence-corrected chi connectivity index (χ0v) is 20.0. The Morgan fingerprint density at radius 1 is 1.12 bits per heavy atom. The molecule has 0 radical (unpaired) electrons. The fourth-order valence-electron chi connectivity index (χ4n) is 3.13. The Bertz CT molecular complexity index is 1140. The average molecular weight is 486 g/mol. The summed E-state index contributed by atoms with van der Waals surface area (Å²) in [5.74, 6) is -1.39. The predicted octanol–water partition coefficient (Wildman–Crippen LogP) is 4.26. The Balaban J connectivity index is 1.92. The number of carbonyl (C=O) groups is 2. The van der Waals surface area contributed by atoms with E-state index in [1.54, 1.807) is 48.5 Å². The summed E-state index contributed by atoms with van der Waals surface area (Å²) in [6.07, 6.45) is -1.06. The van der Waals surface area contributed by atoms with E-state index in [9.17, 15) is 19.8 Å². The molecule has 0 bridgehead atoms. The zero-order valence-electron chi connectivity index (χ0n) is 19.2. The van der Waals surface area contributed by atoms with Crippen molar-refractivity contribution in [3.8, 4) is 11.6 Å². The van der Waals surface area contributed by atoms with Crippen LogP contribution in [0.4, 0.5) is 0 Å². The van der Waals surface area contributed by atoms with Crippen LogP contribution in [0, 0.1) is 5.41 Å². The van der Waals surface area contributed by atoms with Crippen molar-refractivity contribution in [2.45, 2.75) is 39.3 Å². The van der Waals surface area contributed by atoms with E-state index in [4.69, 9.17) is 16.3 Å². The van der Waals surface area contributed by atoms with Gasteiger partial charge in [0.25, 0.3) is 5.91 Å². The van der Waals surface area contributed by atoms with Gasteiger partial charge in [-0.1, -0.05) is 74.8 Å². The minimum absolute atomic E-state index is 0.0199. The van der Waals surface area contributed by atoms with E-state index in [-0.39, 0.29) is 24.6 Å². The molecule has 2 aromatic carbocycles. The van der Waals surface area contributed by atoms with E-state index in [1.165, 1.54) is 10.7 Å². The summed E-state index contributed by atoms with van der Waals surface area (Å²) in [4.78, 5) is 24.5. The van der Waals surface area contributed by atoms with Gasteiger partial charge in [-0.25, -0.2) is 0 Å². The van der Waals surface area contributed by atoms with E-state index < -0.39 is 29.4 Å². The molecule has 1 unspecified atom stereocenters. The highest BCUT2D eigenvalue weighted by molar-refractivity contribution is 6.32. The van der Waals surface area contributed by atoms with Crippen LogP contribution < -0.4 is 10.1 Å². The summed E-state index contributed by atoms with van der Waals surface area (Å²) in [5, 5.41) is 27.2. The second kappa shape index (κ2) is 10.7. The first-order chi connectivity index (χ1) is 16.1. The van der Waals surface area contributed by atoms with Gasteiger partial charge in [0.05, 0.1) is 29.3 Å². The lowest BCUT2D eigenvalue weighted by molar-refractivity contribution is -0.137. The molecule has 3 N–H and O–H groups in total. The predicted molar refractivity (Wildman–Crippen MR) is 128 cm³/mol. The zero-order chi connectivity index (χ0) is 24.9. The van der Waals surface area contributed by atoms with E-state index >= 15 is 0 Å². The van der Waals surface area contributed by atoms with Crippen molar-refractivity contribution in [2.75, 3.05) is 6.61 Å². The minimum atomic E-state index is -1.05. The molecule has 3 rings (SSSR count). The number of rotatable bonds is 9. The summed E-state index contributed by atoms with van der Waals surface area (Å²) in [6.45, 7) is 5.64. The normalized spacial score (nSPS) is 13.2.